The van der Waals surface area contributed by atoms with Crippen LogP contribution >= 0.6 is 0 Å². The molecule has 3 heterocycles. The number of nitrogens with one attached hydrogen (secondary N) is 1. The summed E-state index contributed by atoms with van der Waals surface area (Å²) >= 11 is 0. The van der Waals surface area contributed by atoms with Crippen LogP contribution in [0.1, 0.15) is 30.7 Å². The second-order valence-electron chi connectivity index (χ2n) is 8.87. The highest BCUT2D eigenvalue weighted by Gasteiger charge is 2.49. The molecule has 3 aromatic rings. The predicted octanol–water partition coefficient (Wildman–Crippen LogP) is 3.28. The molecule has 0 radical (unpaired) electrons. The van der Waals surface area contributed by atoms with E-state index in [1.807, 2.05) is 77.2 Å². The number of nitrogens with zero attached hydrogens (tertiary/aromatic N) is 3. The van der Waals surface area contributed by atoms with Crippen LogP contribution in [0.25, 0.3) is 0 Å². The van der Waals surface area contributed by atoms with Gasteiger partial charge in [-0.3, -0.25) is 9.48 Å². The predicted molar refractivity (Wildman–Crippen MR) is 126 cm³/mol. The molecule has 0 bridgehead atoms. The van der Waals surface area contributed by atoms with Crippen molar-refractivity contribution < 1.29 is 14.3 Å². The lowest BCUT2D eigenvalue weighted by Crippen LogP contribution is -2.39. The minimum atomic E-state index is -0.685. The molecule has 1 amide bonds. The molecule has 172 valence electrons. The van der Waals surface area contributed by atoms with Crippen LogP contribution in [0.4, 0.5) is 5.69 Å². The molecule has 1 N–H and O–H groups in total. The summed E-state index contributed by atoms with van der Waals surface area (Å²) in [5, 5.41) is 8.03. The van der Waals surface area contributed by atoms with E-state index in [0.29, 0.717) is 25.8 Å². The van der Waals surface area contributed by atoms with Crippen LogP contribution < -0.4 is 10.2 Å². The summed E-state index contributed by atoms with van der Waals surface area (Å²) in [6.07, 6.45) is 0.722. The summed E-state index contributed by atoms with van der Waals surface area (Å²) in [6, 6.07) is 20.1. The summed E-state index contributed by atoms with van der Waals surface area (Å²) < 4.78 is 14.5. The van der Waals surface area contributed by atoms with Crippen molar-refractivity contribution in [3.63, 3.8) is 0 Å². The topological polar surface area (TPSA) is 68.6 Å². The van der Waals surface area contributed by atoms with Crippen LogP contribution in [-0.4, -0.2) is 40.0 Å². The van der Waals surface area contributed by atoms with Crippen LogP contribution in [0.3, 0.4) is 0 Å². The van der Waals surface area contributed by atoms with Gasteiger partial charge in [-0.25, -0.2) is 0 Å². The standard InChI is InChI=1S/C26H30N4O3/c1-18-15-29-22(13-27-18)23(14-28-29)30-19(2)24(32-16-20-9-5-3-6-10-20)25(26(30)31)33-17-21-11-7-4-8-12-21/h3-12,14,18-19,24-25,27H,13,15-17H2,1-2H3/t18-,19+,24+,25+/m0/s1. The smallest absolute Gasteiger partial charge is 0.259 e. The quantitative estimate of drug-likeness (QED) is 0.603. The van der Waals surface area contributed by atoms with E-state index >= 15 is 0 Å². The van der Waals surface area contributed by atoms with Crippen molar-refractivity contribution in [3.05, 3.63) is 83.7 Å². The molecule has 2 aromatic carbocycles. The Morgan fingerprint density at radius 1 is 0.970 bits per heavy atom. The van der Waals surface area contributed by atoms with E-state index < -0.39 is 12.2 Å². The van der Waals surface area contributed by atoms with Gasteiger partial charge in [-0.2, -0.15) is 5.10 Å². The maximum absolute atomic E-state index is 13.7. The summed E-state index contributed by atoms with van der Waals surface area (Å²) in [5.41, 5.74) is 3.96. The van der Waals surface area contributed by atoms with Crippen molar-refractivity contribution >= 4 is 11.6 Å². The maximum Gasteiger partial charge on any atom is 0.259 e. The van der Waals surface area contributed by atoms with Crippen molar-refractivity contribution in [2.75, 3.05) is 4.90 Å². The molecule has 0 spiro atoms. The maximum atomic E-state index is 13.7. The highest BCUT2D eigenvalue weighted by atomic mass is 16.5. The van der Waals surface area contributed by atoms with Gasteiger partial charge in [0.1, 0.15) is 6.10 Å². The molecule has 5 rings (SSSR count). The van der Waals surface area contributed by atoms with Crippen LogP contribution in [0.2, 0.25) is 0 Å². The van der Waals surface area contributed by atoms with Gasteiger partial charge in [0.2, 0.25) is 0 Å². The van der Waals surface area contributed by atoms with Gasteiger partial charge in [0.15, 0.2) is 6.10 Å². The number of ether oxygens (including phenoxy) is 2. The number of hydrogen-bond acceptors (Lipinski definition) is 5. The Morgan fingerprint density at radius 2 is 1.61 bits per heavy atom. The minimum Gasteiger partial charge on any atom is -0.368 e. The molecular formula is C26H30N4O3. The Bertz CT molecular complexity index is 1090. The van der Waals surface area contributed by atoms with Crippen molar-refractivity contribution in [2.24, 2.45) is 0 Å². The SMILES string of the molecule is C[C@@H]1[C@@H](OCc2ccccc2)[C@@H](OCc2ccccc2)C(=O)N1c1cnn2c1CN[C@@H](C)C2. The summed E-state index contributed by atoms with van der Waals surface area (Å²) in [5.74, 6) is -0.0779. The molecule has 2 aliphatic heterocycles. The average molecular weight is 447 g/mol. The first-order valence-electron chi connectivity index (χ1n) is 11.5. The van der Waals surface area contributed by atoms with Crippen LogP contribution in [0.5, 0.6) is 0 Å². The summed E-state index contributed by atoms with van der Waals surface area (Å²) in [7, 11) is 0. The van der Waals surface area contributed by atoms with E-state index in [4.69, 9.17) is 9.47 Å². The second kappa shape index (κ2) is 9.47. The monoisotopic (exact) mass is 446 g/mol. The van der Waals surface area contributed by atoms with E-state index in [9.17, 15) is 4.79 Å². The van der Waals surface area contributed by atoms with E-state index in [0.717, 1.165) is 29.1 Å². The van der Waals surface area contributed by atoms with Crippen LogP contribution in [0.15, 0.2) is 66.9 Å². The summed E-state index contributed by atoms with van der Waals surface area (Å²) in [6.45, 7) is 6.41. The van der Waals surface area contributed by atoms with Gasteiger partial charge < -0.3 is 19.7 Å². The first-order chi connectivity index (χ1) is 16.1. The number of carbonyl (C=O) groups excluding carboxylic acids is 1. The largest absolute Gasteiger partial charge is 0.368 e. The highest BCUT2D eigenvalue weighted by Crippen LogP contribution is 2.34. The average Bonchev–Trinajstić information content (AvgIpc) is 3.34. The molecule has 1 saturated heterocycles. The Hall–Kier alpha value is -3.00. The van der Waals surface area contributed by atoms with Crippen molar-refractivity contribution in [2.45, 2.75) is 64.4 Å². The molecule has 0 unspecified atom stereocenters. The second-order valence-corrected chi connectivity index (χ2v) is 8.87. The van der Waals surface area contributed by atoms with Gasteiger partial charge in [0, 0.05) is 12.6 Å². The molecule has 0 aliphatic carbocycles. The number of anilines is 1. The molecule has 4 atom stereocenters. The van der Waals surface area contributed by atoms with Gasteiger partial charge >= 0.3 is 0 Å². The third-order valence-corrected chi connectivity index (χ3v) is 6.47. The molecule has 7 nitrogen and oxygen atoms in total. The highest BCUT2D eigenvalue weighted by molar-refractivity contribution is 6.00. The molecule has 1 fully saturated rings. The van der Waals surface area contributed by atoms with Crippen molar-refractivity contribution in [1.29, 1.82) is 0 Å². The molecule has 2 aliphatic rings. The minimum absolute atomic E-state index is 0.0779. The number of rotatable bonds is 7. The first kappa shape index (κ1) is 21.8. The fourth-order valence-electron chi connectivity index (χ4n) is 4.67. The normalized spacial score (nSPS) is 24.8. The summed E-state index contributed by atoms with van der Waals surface area (Å²) in [4.78, 5) is 15.5. The third kappa shape index (κ3) is 4.44. The number of aromatic nitrogens is 2. The van der Waals surface area contributed by atoms with Crippen molar-refractivity contribution in [3.8, 4) is 0 Å². The number of fused-ring (bicyclic) bond motifs is 1. The molecular weight excluding hydrogens is 416 g/mol. The number of benzene rings is 2. The van der Waals surface area contributed by atoms with Gasteiger partial charge in [0.05, 0.1) is 43.4 Å². The van der Waals surface area contributed by atoms with Crippen molar-refractivity contribution in [1.82, 2.24) is 15.1 Å². The zero-order chi connectivity index (χ0) is 22.8. The molecule has 33 heavy (non-hydrogen) atoms. The van der Waals surface area contributed by atoms with E-state index in [-0.39, 0.29) is 11.9 Å². The number of amides is 1. The van der Waals surface area contributed by atoms with Gasteiger partial charge in [0.25, 0.3) is 5.91 Å². The lowest BCUT2D eigenvalue weighted by atomic mass is 10.1. The Labute approximate surface area is 194 Å². The Morgan fingerprint density at radius 3 is 2.27 bits per heavy atom. The molecule has 0 saturated carbocycles. The van der Waals surface area contributed by atoms with Crippen LogP contribution in [-0.2, 0) is 40.6 Å². The first-order valence-corrected chi connectivity index (χ1v) is 11.5. The van der Waals surface area contributed by atoms with Gasteiger partial charge in [-0.1, -0.05) is 60.7 Å². The van der Waals surface area contributed by atoms with Gasteiger partial charge in [-0.05, 0) is 25.0 Å². The Balaban J connectivity index is 1.40. The lowest BCUT2D eigenvalue weighted by molar-refractivity contribution is -0.136. The van der Waals surface area contributed by atoms with Gasteiger partial charge in [-0.15, -0.1) is 0 Å². The number of carbonyl (C=O) groups is 1. The fraction of sp³-hybridized carbons (Fsp3) is 0.385. The van der Waals surface area contributed by atoms with E-state index in [2.05, 4.69) is 17.3 Å². The number of hydrogen-bond donors (Lipinski definition) is 1. The lowest BCUT2D eigenvalue weighted by Gasteiger charge is -2.27. The van der Waals surface area contributed by atoms with E-state index in [1.165, 1.54) is 0 Å². The molecule has 1 aromatic heterocycles. The third-order valence-electron chi connectivity index (χ3n) is 6.47. The van der Waals surface area contributed by atoms with Crippen LogP contribution in [0, 0.1) is 0 Å². The van der Waals surface area contributed by atoms with E-state index in [1.54, 1.807) is 6.20 Å². The molecule has 7 heteroatoms. The fourth-order valence-corrected chi connectivity index (χ4v) is 4.67. The zero-order valence-corrected chi connectivity index (χ0v) is 19.1. The Kier molecular flexibility index (Phi) is 6.26. The zero-order valence-electron chi connectivity index (χ0n) is 19.1.